The Morgan fingerprint density at radius 3 is 2.06 bits per heavy atom. The second-order valence-corrected chi connectivity index (χ2v) is 19.6. The van der Waals surface area contributed by atoms with Crippen molar-refractivity contribution < 1.29 is 69.6 Å². The van der Waals surface area contributed by atoms with Crippen LogP contribution in [0.25, 0.3) is 0 Å². The van der Waals surface area contributed by atoms with E-state index in [2.05, 4.69) is 35.1 Å². The summed E-state index contributed by atoms with van der Waals surface area (Å²) in [5.74, 6) is -1.08. The van der Waals surface area contributed by atoms with Crippen LogP contribution < -0.4 is 32.7 Å². The molecule has 0 aromatic carbocycles. The number of ether oxygens (including phenoxy) is 4. The molecular weight excluding hydrogens is 858 g/mol. The van der Waals surface area contributed by atoms with Crippen molar-refractivity contribution in [1.29, 1.82) is 0 Å². The van der Waals surface area contributed by atoms with Crippen LogP contribution in [0.15, 0.2) is 0 Å². The lowest BCUT2D eigenvalue weighted by molar-refractivity contribution is -0.152. The van der Waals surface area contributed by atoms with Crippen molar-refractivity contribution in [1.82, 2.24) is 31.1 Å². The lowest BCUT2D eigenvalue weighted by atomic mass is 10.1. The Bertz CT molecular complexity index is 1560. The zero-order chi connectivity index (χ0) is 44.1. The summed E-state index contributed by atoms with van der Waals surface area (Å²) in [4.78, 5) is 41.6. The van der Waals surface area contributed by atoms with E-state index in [0.29, 0.717) is 32.6 Å². The molecule has 6 rings (SSSR count). The number of hydrogen-bond donors (Lipinski definition) is 6. The molecule has 0 bridgehead atoms. The molecule has 6 heterocycles. The molecule has 8 unspecified atom stereocenters. The van der Waals surface area contributed by atoms with Gasteiger partial charge in [0.2, 0.25) is 13.6 Å². The van der Waals surface area contributed by atoms with Gasteiger partial charge in [-0.2, -0.15) is 0 Å². The van der Waals surface area contributed by atoms with Crippen molar-refractivity contribution in [2.24, 2.45) is 11.5 Å². The number of nitrogens with zero attached hydrogens (tertiary/aromatic N) is 2. The van der Waals surface area contributed by atoms with Crippen molar-refractivity contribution in [2.75, 3.05) is 53.3 Å². The summed E-state index contributed by atoms with van der Waals surface area (Å²) < 4.78 is 88.1. The third kappa shape index (κ3) is 13.8. The number of nitrogens with one attached hydrogen (secondary N) is 4. The zero-order valence-corrected chi connectivity index (χ0v) is 37.7. The minimum atomic E-state index is -4.68. The maximum absolute atomic E-state index is 14.8. The van der Waals surface area contributed by atoms with E-state index >= 15 is 0 Å². The lowest BCUT2D eigenvalue weighted by Gasteiger charge is -2.39. The Morgan fingerprint density at radius 2 is 1.42 bits per heavy atom. The Kier molecular flexibility index (Phi) is 19.2. The largest absolute Gasteiger partial charge is 0.478 e. The standard InChI is InChI=1S/C37H68N8O15P2/c1-3-5-7-9-11-13-31(46)52-23-56-61(49)55-20-28-34(25(18-51-28)45-22-42-33-35(39)40-21-41-36(33)45)60-62(50,57-24-53-32(47)14-12-10-8-6-4-2)54-19-27-26(59-61)17-30(58-27)44-16-15-29(38)43-37(44)48/h25-30,33-36,40-42H,3-24,38-39H2,1-2H3,(H,43,48)/t25-,26+,27-,28?,29?,30?,33?,34+,35?,36?,61?,62?/m1/s1. The smallest absolute Gasteiger partial charge is 0.438 e. The molecule has 0 aromatic rings. The molecule has 8 N–H and O–H groups in total. The van der Waals surface area contributed by atoms with Crippen LogP contribution in [0.2, 0.25) is 0 Å². The van der Waals surface area contributed by atoms with E-state index in [1.54, 1.807) is 0 Å². The highest BCUT2D eigenvalue weighted by Gasteiger charge is 2.54. The van der Waals surface area contributed by atoms with Gasteiger partial charge in [0.05, 0.1) is 57.1 Å². The number of phosphoric acid groups is 2. The summed E-state index contributed by atoms with van der Waals surface area (Å²) in [6.45, 7) is 2.73. The predicted molar refractivity (Wildman–Crippen MR) is 219 cm³/mol. The Labute approximate surface area is 363 Å². The van der Waals surface area contributed by atoms with Gasteiger partial charge in [0, 0.05) is 32.5 Å². The van der Waals surface area contributed by atoms with E-state index in [1.807, 2.05) is 4.90 Å². The molecule has 62 heavy (non-hydrogen) atoms. The fourth-order valence-corrected chi connectivity index (χ4v) is 10.9. The van der Waals surface area contributed by atoms with Crippen LogP contribution in [0.4, 0.5) is 4.79 Å². The summed E-state index contributed by atoms with van der Waals surface area (Å²) in [6, 6.07) is -1.33. The van der Waals surface area contributed by atoms with Gasteiger partial charge in [0.25, 0.3) is 0 Å². The number of nitrogens with two attached hydrogens (primary N) is 2. The molecule has 356 valence electrons. The fourth-order valence-electron chi connectivity index (χ4n) is 8.32. The van der Waals surface area contributed by atoms with E-state index in [9.17, 15) is 23.5 Å². The number of urea groups is 1. The molecular formula is C37H68N8O15P2. The number of hydrogen-bond acceptors (Lipinski definition) is 21. The van der Waals surface area contributed by atoms with E-state index in [0.717, 1.165) is 51.4 Å². The third-order valence-electron chi connectivity index (χ3n) is 11.8. The van der Waals surface area contributed by atoms with Crippen LogP contribution in [-0.2, 0) is 64.8 Å². The SMILES string of the molecule is CCCCCCCC(=O)OCOP1(=O)OCC2OC[C@@H](N3CNC4C(N)NCNC43)[C@@H]2OP(=O)(OCOC(=O)CCCCCCC)OC[C@H]2OC(N3CCC(N)NC3=O)C[C@@H]2O1. The molecule has 0 radical (unpaired) electrons. The van der Waals surface area contributed by atoms with Gasteiger partial charge in [-0.3, -0.25) is 53.4 Å². The molecule has 6 aliphatic rings. The number of carbonyl (C=O) groups is 3. The summed E-state index contributed by atoms with van der Waals surface area (Å²) in [5, 5.41) is 12.6. The maximum atomic E-state index is 14.8. The van der Waals surface area contributed by atoms with Gasteiger partial charge < -0.3 is 35.7 Å². The number of carbonyl (C=O) groups excluding carboxylic acids is 3. The van der Waals surface area contributed by atoms with Gasteiger partial charge in [-0.25, -0.2) is 23.0 Å². The summed E-state index contributed by atoms with van der Waals surface area (Å²) in [7, 11) is -9.31. The van der Waals surface area contributed by atoms with Crippen LogP contribution in [-0.4, -0.2) is 142 Å². The number of esters is 2. The molecule has 6 fully saturated rings. The first-order chi connectivity index (χ1) is 29.9. The van der Waals surface area contributed by atoms with Gasteiger partial charge in [-0.15, -0.1) is 0 Å². The number of rotatable bonds is 20. The summed E-state index contributed by atoms with van der Waals surface area (Å²) in [6.07, 6.45) is 3.25. The maximum Gasteiger partial charge on any atom is 0.478 e. The number of unbranched alkanes of at least 4 members (excludes halogenated alkanes) is 8. The number of phosphoric ester groups is 2. The third-order valence-corrected chi connectivity index (χ3v) is 14.6. The molecule has 0 aliphatic carbocycles. The summed E-state index contributed by atoms with van der Waals surface area (Å²) in [5.41, 5.74) is 12.3. The first kappa shape index (κ1) is 49.5. The molecule has 6 aliphatic heterocycles. The first-order valence-electron chi connectivity index (χ1n) is 22.2. The topological polar surface area (TPSA) is 284 Å². The van der Waals surface area contributed by atoms with Gasteiger partial charge in [-0.1, -0.05) is 65.2 Å². The molecule has 0 spiro atoms. The molecule has 0 aromatic heterocycles. The Morgan fingerprint density at radius 1 is 0.790 bits per heavy atom. The number of amides is 2. The number of fused-ring (bicyclic) bond motifs is 3. The average molecular weight is 927 g/mol. The van der Waals surface area contributed by atoms with E-state index in [-0.39, 0.29) is 50.8 Å². The average Bonchev–Trinajstić information content (AvgIpc) is 3.96. The molecule has 23 nitrogen and oxygen atoms in total. The molecule has 25 heteroatoms. The van der Waals surface area contributed by atoms with Crippen LogP contribution in [0.3, 0.4) is 0 Å². The van der Waals surface area contributed by atoms with Crippen LogP contribution in [0, 0.1) is 0 Å². The van der Waals surface area contributed by atoms with Crippen LogP contribution in [0.1, 0.15) is 104 Å². The second kappa shape index (κ2) is 24.0. The monoisotopic (exact) mass is 926 g/mol. The highest BCUT2D eigenvalue weighted by Crippen LogP contribution is 2.57. The predicted octanol–water partition coefficient (Wildman–Crippen LogP) is 2.35. The minimum absolute atomic E-state index is 0.0421. The van der Waals surface area contributed by atoms with Crippen molar-refractivity contribution in [2.45, 2.75) is 165 Å². The molecule has 6 saturated heterocycles. The zero-order valence-electron chi connectivity index (χ0n) is 35.9. The van der Waals surface area contributed by atoms with Crippen molar-refractivity contribution >= 4 is 33.6 Å². The lowest BCUT2D eigenvalue weighted by Crippen LogP contribution is -2.68. The van der Waals surface area contributed by atoms with Crippen molar-refractivity contribution in [3.8, 4) is 0 Å². The van der Waals surface area contributed by atoms with E-state index in [4.69, 9.17) is 57.6 Å². The Hall–Kier alpha value is -1.89. The normalized spacial score (nSPS) is 36.8. The van der Waals surface area contributed by atoms with Gasteiger partial charge in [0.1, 0.15) is 30.6 Å². The van der Waals surface area contributed by atoms with Crippen LogP contribution in [0.5, 0.6) is 0 Å². The first-order valence-corrected chi connectivity index (χ1v) is 25.1. The van der Waals surface area contributed by atoms with Gasteiger partial charge >= 0.3 is 33.6 Å². The minimum Gasteiger partial charge on any atom is -0.438 e. The highest BCUT2D eigenvalue weighted by atomic mass is 31.2. The van der Waals surface area contributed by atoms with Crippen molar-refractivity contribution in [3.63, 3.8) is 0 Å². The highest BCUT2D eigenvalue weighted by molar-refractivity contribution is 7.48. The molecule has 12 atom stereocenters. The fraction of sp³-hybridized carbons (Fsp3) is 0.919. The Balaban J connectivity index is 1.21. The van der Waals surface area contributed by atoms with Gasteiger partial charge in [-0.05, 0) is 19.3 Å². The molecule has 2 amide bonds. The van der Waals surface area contributed by atoms with Gasteiger partial charge in [0.15, 0.2) is 0 Å². The summed E-state index contributed by atoms with van der Waals surface area (Å²) >= 11 is 0. The van der Waals surface area contributed by atoms with E-state index < -0.39 is 103 Å². The second-order valence-electron chi connectivity index (χ2n) is 16.4. The van der Waals surface area contributed by atoms with Crippen molar-refractivity contribution in [3.05, 3.63) is 0 Å². The van der Waals surface area contributed by atoms with Crippen LogP contribution >= 0.6 is 15.6 Å². The quantitative estimate of drug-likeness (QED) is 0.0442. The molecule has 0 saturated carbocycles. The van der Waals surface area contributed by atoms with E-state index in [1.165, 1.54) is 4.90 Å².